The van der Waals surface area contributed by atoms with Crippen molar-refractivity contribution in [3.63, 3.8) is 0 Å². The first-order valence-corrected chi connectivity index (χ1v) is 12.4. The van der Waals surface area contributed by atoms with Crippen molar-refractivity contribution < 1.29 is 9.53 Å². The summed E-state index contributed by atoms with van der Waals surface area (Å²) in [4.78, 5) is 15.9. The van der Waals surface area contributed by atoms with Gasteiger partial charge in [-0.2, -0.15) is 0 Å². The number of fused-ring (bicyclic) bond motifs is 1. The normalized spacial score (nSPS) is 24.5. The Labute approximate surface area is 196 Å². The Hall–Kier alpha value is -2.79. The summed E-state index contributed by atoms with van der Waals surface area (Å²) in [6.45, 7) is 2.19. The highest BCUT2D eigenvalue weighted by molar-refractivity contribution is 5.98. The lowest BCUT2D eigenvalue weighted by Crippen LogP contribution is -2.38. The van der Waals surface area contributed by atoms with Crippen molar-refractivity contribution in [2.75, 3.05) is 20.2 Å². The second-order valence-corrected chi connectivity index (χ2v) is 9.80. The molecule has 2 fully saturated rings. The van der Waals surface area contributed by atoms with E-state index in [1.54, 1.807) is 7.11 Å². The third-order valence-electron chi connectivity index (χ3n) is 7.55. The van der Waals surface area contributed by atoms with Gasteiger partial charge in [0.1, 0.15) is 11.4 Å². The standard InChI is InChI=1S/C28H35N3O2/c1-33-27-9-5-3-7-23(27)24-16-21(24)18-29-15-14-19-10-12-22(13-11-19)30-28(32)26-17-20-6-2-4-8-25(20)31-26/h2-9,17,19,21-22,24,29,31H,10-16,18H2,1H3,(H,30,32)/t19?,21-,22?,24+/m0/s1. The SMILES string of the molecule is COc1ccccc1[C@@H]1C[C@H]1CNCCC1CCC(NC(=O)c2cc3ccccc3[nH]2)CC1. The number of carbonyl (C=O) groups is 1. The second-order valence-electron chi connectivity index (χ2n) is 9.80. The summed E-state index contributed by atoms with van der Waals surface area (Å²) >= 11 is 0. The molecule has 3 N–H and O–H groups in total. The summed E-state index contributed by atoms with van der Waals surface area (Å²) in [6, 6.07) is 18.7. The first-order chi connectivity index (χ1) is 16.2. The van der Waals surface area contributed by atoms with Crippen LogP contribution in [0.5, 0.6) is 5.75 Å². The predicted molar refractivity (Wildman–Crippen MR) is 133 cm³/mol. The van der Waals surface area contributed by atoms with Gasteiger partial charge in [-0.15, -0.1) is 0 Å². The monoisotopic (exact) mass is 445 g/mol. The molecule has 2 atom stereocenters. The van der Waals surface area contributed by atoms with Gasteiger partial charge >= 0.3 is 0 Å². The van der Waals surface area contributed by atoms with Crippen LogP contribution >= 0.6 is 0 Å². The van der Waals surface area contributed by atoms with Gasteiger partial charge in [-0.3, -0.25) is 4.79 Å². The third-order valence-corrected chi connectivity index (χ3v) is 7.55. The van der Waals surface area contributed by atoms with Crippen LogP contribution in [0.2, 0.25) is 0 Å². The third kappa shape index (κ3) is 5.25. The smallest absolute Gasteiger partial charge is 0.267 e. The van der Waals surface area contributed by atoms with Gasteiger partial charge in [-0.25, -0.2) is 0 Å². The van der Waals surface area contributed by atoms with E-state index in [9.17, 15) is 4.79 Å². The van der Waals surface area contributed by atoms with Crippen molar-refractivity contribution in [1.29, 1.82) is 0 Å². The van der Waals surface area contributed by atoms with Gasteiger partial charge in [0, 0.05) is 16.9 Å². The number of rotatable bonds is 9. The maximum absolute atomic E-state index is 12.7. The van der Waals surface area contributed by atoms with Crippen LogP contribution < -0.4 is 15.4 Å². The van der Waals surface area contributed by atoms with Crippen molar-refractivity contribution in [3.05, 3.63) is 65.9 Å². The van der Waals surface area contributed by atoms with Crippen LogP contribution in [0.3, 0.4) is 0 Å². The lowest BCUT2D eigenvalue weighted by atomic mass is 9.84. The lowest BCUT2D eigenvalue weighted by molar-refractivity contribution is 0.0917. The molecule has 5 rings (SSSR count). The molecule has 3 aromatic rings. The zero-order chi connectivity index (χ0) is 22.6. The number of nitrogens with one attached hydrogen (secondary N) is 3. The zero-order valence-electron chi connectivity index (χ0n) is 19.5. The quantitative estimate of drug-likeness (QED) is 0.394. The molecular formula is C28H35N3O2. The molecule has 5 heteroatoms. The Bertz CT molecular complexity index is 1050. The zero-order valence-corrected chi connectivity index (χ0v) is 19.5. The lowest BCUT2D eigenvalue weighted by Gasteiger charge is -2.29. The van der Waals surface area contributed by atoms with E-state index in [4.69, 9.17) is 4.74 Å². The Kier molecular flexibility index (Phi) is 6.68. The van der Waals surface area contributed by atoms with E-state index in [1.807, 2.05) is 36.4 Å². The second kappa shape index (κ2) is 10.0. The predicted octanol–water partition coefficient (Wildman–Crippen LogP) is 5.25. The van der Waals surface area contributed by atoms with Crippen molar-refractivity contribution in [2.45, 2.75) is 50.5 Å². The van der Waals surface area contributed by atoms with E-state index in [0.29, 0.717) is 17.7 Å². The van der Waals surface area contributed by atoms with Crippen LogP contribution in [-0.4, -0.2) is 37.1 Å². The summed E-state index contributed by atoms with van der Waals surface area (Å²) in [5, 5.41) is 8.02. The minimum atomic E-state index is 0.0188. The number of methoxy groups -OCH3 is 1. The van der Waals surface area contributed by atoms with E-state index in [0.717, 1.165) is 54.4 Å². The van der Waals surface area contributed by atoms with Crippen LogP contribution in [0, 0.1) is 11.8 Å². The summed E-state index contributed by atoms with van der Waals surface area (Å²) in [5.74, 6) is 3.19. The number of ether oxygens (including phenoxy) is 1. The number of hydrogen-bond donors (Lipinski definition) is 3. The molecule has 5 nitrogen and oxygen atoms in total. The molecule has 0 saturated heterocycles. The molecule has 2 aliphatic rings. The highest BCUT2D eigenvalue weighted by atomic mass is 16.5. The molecule has 1 amide bonds. The average Bonchev–Trinajstić information content (AvgIpc) is 3.49. The number of benzene rings is 2. The minimum Gasteiger partial charge on any atom is -0.496 e. The van der Waals surface area contributed by atoms with Crippen LogP contribution in [0.15, 0.2) is 54.6 Å². The van der Waals surface area contributed by atoms with Gasteiger partial charge in [-0.05, 0) is 93.1 Å². The topological polar surface area (TPSA) is 66.2 Å². The van der Waals surface area contributed by atoms with Gasteiger partial charge in [0.2, 0.25) is 0 Å². The number of aromatic nitrogens is 1. The first-order valence-electron chi connectivity index (χ1n) is 12.4. The summed E-state index contributed by atoms with van der Waals surface area (Å²) < 4.78 is 5.52. The molecule has 2 aromatic carbocycles. The molecule has 33 heavy (non-hydrogen) atoms. The number of H-pyrrole nitrogens is 1. The van der Waals surface area contributed by atoms with Crippen LogP contribution in [0.4, 0.5) is 0 Å². The Morgan fingerprint density at radius 1 is 1.06 bits per heavy atom. The maximum atomic E-state index is 12.7. The van der Waals surface area contributed by atoms with E-state index in [-0.39, 0.29) is 5.91 Å². The van der Waals surface area contributed by atoms with E-state index < -0.39 is 0 Å². The molecule has 1 heterocycles. The fourth-order valence-corrected chi connectivity index (χ4v) is 5.47. The van der Waals surface area contributed by atoms with Crippen molar-refractivity contribution in [2.24, 2.45) is 11.8 Å². The molecular weight excluding hydrogens is 410 g/mol. The molecule has 0 bridgehead atoms. The minimum absolute atomic E-state index is 0.0188. The summed E-state index contributed by atoms with van der Waals surface area (Å²) in [7, 11) is 1.76. The first kappa shape index (κ1) is 22.0. The maximum Gasteiger partial charge on any atom is 0.267 e. The molecule has 0 unspecified atom stereocenters. The fraction of sp³-hybridized carbons (Fsp3) is 0.464. The number of para-hydroxylation sites is 2. The van der Waals surface area contributed by atoms with Crippen molar-refractivity contribution >= 4 is 16.8 Å². The van der Waals surface area contributed by atoms with Gasteiger partial charge in [0.25, 0.3) is 5.91 Å². The largest absolute Gasteiger partial charge is 0.496 e. The highest BCUT2D eigenvalue weighted by Gasteiger charge is 2.39. The molecule has 1 aromatic heterocycles. The molecule has 0 spiro atoms. The number of hydrogen-bond acceptors (Lipinski definition) is 3. The highest BCUT2D eigenvalue weighted by Crippen LogP contribution is 2.49. The van der Waals surface area contributed by atoms with E-state index in [2.05, 4.69) is 33.8 Å². The summed E-state index contributed by atoms with van der Waals surface area (Å²) in [6.07, 6.45) is 7.05. The van der Waals surface area contributed by atoms with Gasteiger partial charge in [0.05, 0.1) is 7.11 Å². The van der Waals surface area contributed by atoms with Crippen LogP contribution in [-0.2, 0) is 0 Å². The van der Waals surface area contributed by atoms with Gasteiger partial charge < -0.3 is 20.4 Å². The molecule has 0 aliphatic heterocycles. The number of amides is 1. The van der Waals surface area contributed by atoms with Gasteiger partial charge in [0.15, 0.2) is 0 Å². The van der Waals surface area contributed by atoms with Crippen molar-refractivity contribution in [3.8, 4) is 5.75 Å². The van der Waals surface area contributed by atoms with Crippen molar-refractivity contribution in [1.82, 2.24) is 15.6 Å². The number of aromatic amines is 1. The molecule has 0 radical (unpaired) electrons. The number of carbonyl (C=O) groups excluding carboxylic acids is 1. The van der Waals surface area contributed by atoms with E-state index in [1.165, 1.54) is 31.2 Å². The van der Waals surface area contributed by atoms with Crippen LogP contribution in [0.25, 0.3) is 10.9 Å². The Morgan fingerprint density at radius 2 is 1.85 bits per heavy atom. The Balaban J connectivity index is 0.989. The molecule has 2 aliphatic carbocycles. The van der Waals surface area contributed by atoms with Gasteiger partial charge in [-0.1, -0.05) is 36.4 Å². The average molecular weight is 446 g/mol. The Morgan fingerprint density at radius 3 is 2.67 bits per heavy atom. The molecule has 2 saturated carbocycles. The van der Waals surface area contributed by atoms with Crippen LogP contribution in [0.1, 0.15) is 60.5 Å². The molecule has 174 valence electrons. The van der Waals surface area contributed by atoms with E-state index >= 15 is 0 Å². The summed E-state index contributed by atoms with van der Waals surface area (Å²) in [5.41, 5.74) is 3.04. The fourth-order valence-electron chi connectivity index (χ4n) is 5.47.